The lowest BCUT2D eigenvalue weighted by Crippen LogP contribution is -2.31. The molecule has 1 amide bonds. The second kappa shape index (κ2) is 6.29. The Bertz CT molecular complexity index is 767. The van der Waals surface area contributed by atoms with Crippen molar-refractivity contribution in [1.82, 2.24) is 9.97 Å². The third kappa shape index (κ3) is 2.86. The smallest absolute Gasteiger partial charge is 0.225 e. The molecule has 2 heterocycles. The lowest BCUT2D eigenvalue weighted by molar-refractivity contribution is -0.118. The molecule has 0 aromatic carbocycles. The molecular formula is C17H22N4O2S. The van der Waals surface area contributed by atoms with Gasteiger partial charge >= 0.3 is 0 Å². The second-order valence-electron chi connectivity index (χ2n) is 6.86. The first kappa shape index (κ1) is 15.8. The monoisotopic (exact) mass is 346 g/mol. The minimum Gasteiger partial charge on any atom is -0.474 e. The number of aromatic nitrogens is 2. The van der Waals surface area contributed by atoms with E-state index in [0.717, 1.165) is 48.7 Å². The van der Waals surface area contributed by atoms with Gasteiger partial charge < -0.3 is 16.2 Å². The van der Waals surface area contributed by atoms with Crippen LogP contribution < -0.4 is 16.2 Å². The van der Waals surface area contributed by atoms with Crippen LogP contribution >= 0.6 is 11.3 Å². The first-order chi connectivity index (χ1) is 11.6. The van der Waals surface area contributed by atoms with Crippen molar-refractivity contribution < 1.29 is 9.53 Å². The van der Waals surface area contributed by atoms with Gasteiger partial charge in [-0.15, -0.1) is 11.3 Å². The van der Waals surface area contributed by atoms with E-state index >= 15 is 0 Å². The molecule has 2 aromatic heterocycles. The molecule has 1 fully saturated rings. The molecule has 0 saturated heterocycles. The van der Waals surface area contributed by atoms with E-state index in [1.165, 1.54) is 10.4 Å². The van der Waals surface area contributed by atoms with Crippen molar-refractivity contribution >= 4 is 27.5 Å². The van der Waals surface area contributed by atoms with E-state index in [2.05, 4.69) is 9.97 Å². The van der Waals surface area contributed by atoms with Gasteiger partial charge in [0.1, 0.15) is 17.3 Å². The summed E-state index contributed by atoms with van der Waals surface area (Å²) in [7, 11) is 0. The Morgan fingerprint density at radius 3 is 2.79 bits per heavy atom. The molecule has 24 heavy (non-hydrogen) atoms. The number of primary amides is 1. The summed E-state index contributed by atoms with van der Waals surface area (Å²) in [5.41, 5.74) is 12.6. The molecule has 128 valence electrons. The van der Waals surface area contributed by atoms with Gasteiger partial charge in [0.25, 0.3) is 0 Å². The summed E-state index contributed by atoms with van der Waals surface area (Å²) in [6, 6.07) is 0.292. The molecule has 7 heteroatoms. The molecular weight excluding hydrogens is 324 g/mol. The molecule has 1 unspecified atom stereocenters. The van der Waals surface area contributed by atoms with Crippen molar-refractivity contribution in [3.8, 4) is 5.88 Å². The average molecular weight is 346 g/mol. The first-order valence-electron chi connectivity index (χ1n) is 8.58. The number of hydrogen-bond acceptors (Lipinski definition) is 6. The molecule has 0 spiro atoms. The van der Waals surface area contributed by atoms with Crippen molar-refractivity contribution in [2.45, 2.75) is 63.0 Å². The van der Waals surface area contributed by atoms with Crippen LogP contribution in [0.4, 0.5) is 0 Å². The van der Waals surface area contributed by atoms with Gasteiger partial charge in [0.05, 0.1) is 5.39 Å². The Morgan fingerprint density at radius 2 is 2.04 bits per heavy atom. The van der Waals surface area contributed by atoms with Crippen LogP contribution in [-0.4, -0.2) is 28.0 Å². The molecule has 1 atom stereocenters. The van der Waals surface area contributed by atoms with Crippen molar-refractivity contribution in [2.24, 2.45) is 11.5 Å². The van der Waals surface area contributed by atoms with E-state index in [0.29, 0.717) is 18.3 Å². The number of fused-ring (bicyclic) bond motifs is 3. The first-order valence-corrected chi connectivity index (χ1v) is 9.40. The Labute approximate surface area is 144 Å². The fourth-order valence-electron chi connectivity index (χ4n) is 3.94. The number of aryl methyl sites for hydroxylation is 1. The number of nitrogens with two attached hydrogens (primary N) is 2. The van der Waals surface area contributed by atoms with Crippen molar-refractivity contribution in [1.29, 1.82) is 0 Å². The van der Waals surface area contributed by atoms with Crippen molar-refractivity contribution in [3.63, 3.8) is 0 Å². The van der Waals surface area contributed by atoms with E-state index in [1.807, 2.05) is 0 Å². The maximum atomic E-state index is 11.4. The summed E-state index contributed by atoms with van der Waals surface area (Å²) >= 11 is 1.69. The topological polar surface area (TPSA) is 104 Å². The van der Waals surface area contributed by atoms with Crippen LogP contribution in [0, 0.1) is 0 Å². The lowest BCUT2D eigenvalue weighted by Gasteiger charge is -2.26. The van der Waals surface area contributed by atoms with Crippen LogP contribution in [0.25, 0.3) is 10.2 Å². The number of amides is 1. The van der Waals surface area contributed by atoms with Crippen LogP contribution in [0.1, 0.15) is 54.9 Å². The summed E-state index contributed by atoms with van der Waals surface area (Å²) < 4.78 is 6.24. The third-order valence-corrected chi connectivity index (χ3v) is 6.31. The summed E-state index contributed by atoms with van der Waals surface area (Å²) in [6.07, 6.45) is 7.96. The number of hydrogen-bond donors (Lipinski definition) is 2. The van der Waals surface area contributed by atoms with Gasteiger partial charge in [-0.2, -0.15) is 0 Å². The highest BCUT2D eigenvalue weighted by atomic mass is 32.1. The molecule has 0 radical (unpaired) electrons. The minimum absolute atomic E-state index is 0.162. The number of thiophene rings is 1. The van der Waals surface area contributed by atoms with Crippen LogP contribution in [-0.2, 0) is 11.2 Å². The summed E-state index contributed by atoms with van der Waals surface area (Å²) in [4.78, 5) is 22.5. The normalized spacial score (nSPS) is 26.5. The lowest BCUT2D eigenvalue weighted by atomic mass is 9.93. The zero-order valence-electron chi connectivity index (χ0n) is 13.5. The average Bonchev–Trinajstić information content (AvgIpc) is 3.09. The highest BCUT2D eigenvalue weighted by molar-refractivity contribution is 7.19. The number of rotatable bonds is 4. The summed E-state index contributed by atoms with van der Waals surface area (Å²) in [5, 5.41) is 0.996. The Morgan fingerprint density at radius 1 is 1.25 bits per heavy atom. The van der Waals surface area contributed by atoms with Gasteiger partial charge in [-0.1, -0.05) is 0 Å². The Hall–Kier alpha value is -1.73. The summed E-state index contributed by atoms with van der Waals surface area (Å²) in [5.74, 6) is 0.571. The van der Waals surface area contributed by atoms with Crippen LogP contribution in [0.5, 0.6) is 5.88 Å². The largest absolute Gasteiger partial charge is 0.474 e. The molecule has 2 aliphatic rings. The maximum absolute atomic E-state index is 11.4. The Balaban J connectivity index is 1.68. The highest BCUT2D eigenvalue weighted by Crippen LogP contribution is 2.47. The number of nitrogens with zero attached hydrogens (tertiary/aromatic N) is 2. The Kier molecular flexibility index (Phi) is 4.14. The molecule has 6 nitrogen and oxygen atoms in total. The third-order valence-electron chi connectivity index (χ3n) is 5.14. The van der Waals surface area contributed by atoms with Crippen molar-refractivity contribution in [2.75, 3.05) is 0 Å². The fourth-order valence-corrected chi connectivity index (χ4v) is 5.17. The van der Waals surface area contributed by atoms with Crippen LogP contribution in [0.2, 0.25) is 0 Å². The summed E-state index contributed by atoms with van der Waals surface area (Å²) in [6.45, 7) is 0. The minimum atomic E-state index is -0.257. The van der Waals surface area contributed by atoms with Gasteiger partial charge in [-0.05, 0) is 50.0 Å². The van der Waals surface area contributed by atoms with E-state index in [9.17, 15) is 4.79 Å². The molecule has 4 rings (SSSR count). The molecule has 0 aliphatic heterocycles. The SMILES string of the molecule is NC(=O)CC1CCc2sc3ncnc(OC4CCC(N)CC4)c3c21. The van der Waals surface area contributed by atoms with E-state index in [1.54, 1.807) is 17.7 Å². The van der Waals surface area contributed by atoms with Gasteiger partial charge in [-0.25, -0.2) is 9.97 Å². The maximum Gasteiger partial charge on any atom is 0.225 e. The quantitative estimate of drug-likeness (QED) is 0.883. The molecule has 4 N–H and O–H groups in total. The van der Waals surface area contributed by atoms with Crippen molar-refractivity contribution in [3.05, 3.63) is 16.8 Å². The van der Waals surface area contributed by atoms with E-state index in [-0.39, 0.29) is 17.9 Å². The predicted octanol–water partition coefficient (Wildman–Crippen LogP) is 2.25. The zero-order valence-corrected chi connectivity index (χ0v) is 14.3. The molecule has 1 saturated carbocycles. The van der Waals surface area contributed by atoms with E-state index < -0.39 is 0 Å². The van der Waals surface area contributed by atoms with Crippen LogP contribution in [0.15, 0.2) is 6.33 Å². The highest BCUT2D eigenvalue weighted by Gasteiger charge is 2.31. The van der Waals surface area contributed by atoms with Gasteiger partial charge in [0.2, 0.25) is 11.8 Å². The zero-order chi connectivity index (χ0) is 16.7. The van der Waals surface area contributed by atoms with Gasteiger partial charge in [-0.3, -0.25) is 4.79 Å². The predicted molar refractivity (Wildman–Crippen MR) is 93.1 cm³/mol. The standard InChI is InChI=1S/C17H22N4O2S/c18-10-2-4-11(5-3-10)23-16-15-14-9(7-13(19)22)1-6-12(14)24-17(15)21-8-20-16/h8-11H,1-7,18H2,(H2,19,22). The van der Waals surface area contributed by atoms with Crippen LogP contribution in [0.3, 0.4) is 0 Å². The molecule has 2 aromatic rings. The number of ether oxygens (including phenoxy) is 1. The molecule has 0 bridgehead atoms. The fraction of sp³-hybridized carbons (Fsp3) is 0.588. The van der Waals surface area contributed by atoms with E-state index in [4.69, 9.17) is 16.2 Å². The number of carbonyl (C=O) groups excluding carboxylic acids is 1. The number of carbonyl (C=O) groups is 1. The molecule has 2 aliphatic carbocycles. The second-order valence-corrected chi connectivity index (χ2v) is 7.94. The van der Waals surface area contributed by atoms with Gasteiger partial charge in [0.15, 0.2) is 0 Å². The van der Waals surface area contributed by atoms with Gasteiger partial charge in [0, 0.05) is 17.3 Å².